The first kappa shape index (κ1) is 24.1. The number of nitrogens with zero attached hydrogens (tertiary/aromatic N) is 4. The lowest BCUT2D eigenvalue weighted by Gasteiger charge is -2.44. The molecule has 0 bridgehead atoms. The first-order valence-corrected chi connectivity index (χ1v) is 10.6. The van der Waals surface area contributed by atoms with E-state index in [1.807, 2.05) is 30.3 Å². The molecule has 2 heterocycles. The number of anilines is 1. The largest absolute Gasteiger partial charge is 0.465 e. The topological polar surface area (TPSA) is 143 Å². The summed E-state index contributed by atoms with van der Waals surface area (Å²) >= 11 is 0. The molecule has 0 spiro atoms. The fourth-order valence-corrected chi connectivity index (χ4v) is 4.22. The van der Waals surface area contributed by atoms with Gasteiger partial charge in [0.15, 0.2) is 0 Å². The molecule has 2 aliphatic heterocycles. The van der Waals surface area contributed by atoms with Gasteiger partial charge in [0.2, 0.25) is 11.8 Å². The SMILES string of the molecule is CN(C)C(=O)O[C@H]1C[C@H](C(=O)NO)[C@@H](C(=O)N2CCN(c3ccccc3)CC2)N(C(=O)O)C1. The molecule has 3 atom stereocenters. The average Bonchev–Trinajstić information content (AvgIpc) is 2.83. The maximum absolute atomic E-state index is 13.4. The van der Waals surface area contributed by atoms with E-state index in [-0.39, 0.29) is 13.0 Å². The predicted molar refractivity (Wildman–Crippen MR) is 116 cm³/mol. The highest BCUT2D eigenvalue weighted by molar-refractivity contribution is 5.92. The predicted octanol–water partition coefficient (Wildman–Crippen LogP) is 0.276. The number of benzene rings is 1. The summed E-state index contributed by atoms with van der Waals surface area (Å²) < 4.78 is 5.28. The minimum atomic E-state index is -1.42. The maximum Gasteiger partial charge on any atom is 0.409 e. The molecule has 0 radical (unpaired) electrons. The first-order valence-electron chi connectivity index (χ1n) is 10.6. The van der Waals surface area contributed by atoms with Crippen molar-refractivity contribution < 1.29 is 34.2 Å². The summed E-state index contributed by atoms with van der Waals surface area (Å²) in [5.74, 6) is -2.65. The van der Waals surface area contributed by atoms with Crippen molar-refractivity contribution in [1.82, 2.24) is 20.2 Å². The minimum Gasteiger partial charge on any atom is -0.465 e. The van der Waals surface area contributed by atoms with E-state index in [0.717, 1.165) is 10.6 Å². The molecule has 2 aliphatic rings. The second kappa shape index (κ2) is 10.4. The van der Waals surface area contributed by atoms with E-state index in [9.17, 15) is 29.5 Å². The molecule has 12 heteroatoms. The van der Waals surface area contributed by atoms with Crippen LogP contribution in [0.3, 0.4) is 0 Å². The fourth-order valence-electron chi connectivity index (χ4n) is 4.22. The highest BCUT2D eigenvalue weighted by Gasteiger charge is 2.49. The molecule has 3 rings (SSSR count). The van der Waals surface area contributed by atoms with Crippen LogP contribution in [0.1, 0.15) is 6.42 Å². The Labute approximate surface area is 191 Å². The van der Waals surface area contributed by atoms with E-state index >= 15 is 0 Å². The van der Waals surface area contributed by atoms with Crippen molar-refractivity contribution in [1.29, 1.82) is 0 Å². The molecule has 180 valence electrons. The summed E-state index contributed by atoms with van der Waals surface area (Å²) in [4.78, 5) is 55.4. The molecular weight excluding hydrogens is 434 g/mol. The molecule has 2 fully saturated rings. The number of hydrogen-bond acceptors (Lipinski definition) is 7. The smallest absolute Gasteiger partial charge is 0.409 e. The Morgan fingerprint density at radius 1 is 1.06 bits per heavy atom. The molecule has 0 saturated carbocycles. The van der Waals surface area contributed by atoms with Gasteiger partial charge in [0, 0.05) is 52.4 Å². The normalized spacial score (nSPS) is 23.0. The van der Waals surface area contributed by atoms with Crippen molar-refractivity contribution >= 4 is 29.7 Å². The standard InChI is InChI=1S/C21H29N5O7/c1-23(2)21(31)33-15-12-16(18(27)22-32)17(26(13-15)20(29)30)19(28)25-10-8-24(9-11-25)14-6-4-3-5-7-14/h3-7,15-17,32H,8-13H2,1-2H3,(H,22,27)(H,29,30)/t15-,16-,17-/m0/s1. The molecular formula is C21H29N5O7. The summed E-state index contributed by atoms with van der Waals surface area (Å²) in [6.45, 7) is 1.55. The fraction of sp³-hybridized carbons (Fsp3) is 0.524. The highest BCUT2D eigenvalue weighted by Crippen LogP contribution is 2.29. The summed E-state index contributed by atoms with van der Waals surface area (Å²) in [7, 11) is 2.94. The Kier molecular flexibility index (Phi) is 7.59. The number of hydroxylamine groups is 1. The number of hydrogen-bond donors (Lipinski definition) is 3. The monoisotopic (exact) mass is 463 g/mol. The van der Waals surface area contributed by atoms with Gasteiger partial charge in [-0.05, 0) is 12.1 Å². The van der Waals surface area contributed by atoms with E-state index in [2.05, 4.69) is 4.90 Å². The number of ether oxygens (including phenoxy) is 1. The van der Waals surface area contributed by atoms with Crippen molar-refractivity contribution in [2.45, 2.75) is 18.6 Å². The third-order valence-corrected chi connectivity index (χ3v) is 5.93. The van der Waals surface area contributed by atoms with Crippen LogP contribution >= 0.6 is 0 Å². The molecule has 12 nitrogen and oxygen atoms in total. The molecule has 3 N–H and O–H groups in total. The summed E-state index contributed by atoms with van der Waals surface area (Å²) in [6.07, 6.45) is -3.17. The van der Waals surface area contributed by atoms with Crippen molar-refractivity contribution in [3.8, 4) is 0 Å². The van der Waals surface area contributed by atoms with Crippen molar-refractivity contribution in [3.05, 3.63) is 30.3 Å². The number of para-hydroxylation sites is 1. The Morgan fingerprint density at radius 2 is 1.70 bits per heavy atom. The molecule has 0 aromatic heterocycles. The van der Waals surface area contributed by atoms with Crippen LogP contribution < -0.4 is 10.4 Å². The van der Waals surface area contributed by atoms with Crippen molar-refractivity contribution in [2.75, 3.05) is 51.7 Å². The van der Waals surface area contributed by atoms with Gasteiger partial charge >= 0.3 is 12.2 Å². The molecule has 0 unspecified atom stereocenters. The van der Waals surface area contributed by atoms with Gasteiger partial charge in [-0.25, -0.2) is 15.1 Å². The van der Waals surface area contributed by atoms with Gasteiger partial charge in [-0.2, -0.15) is 0 Å². The quantitative estimate of drug-likeness (QED) is 0.427. The number of rotatable bonds is 4. The van der Waals surface area contributed by atoms with E-state index < -0.39 is 42.1 Å². The van der Waals surface area contributed by atoms with Gasteiger partial charge in [-0.3, -0.25) is 19.7 Å². The maximum atomic E-state index is 13.4. The number of piperidine rings is 1. The zero-order chi connectivity index (χ0) is 24.1. The summed E-state index contributed by atoms with van der Waals surface area (Å²) in [5.41, 5.74) is 2.54. The second-order valence-electron chi connectivity index (χ2n) is 8.25. The zero-order valence-electron chi connectivity index (χ0n) is 18.6. The van der Waals surface area contributed by atoms with Gasteiger partial charge in [0.1, 0.15) is 12.1 Å². The summed E-state index contributed by atoms with van der Waals surface area (Å²) in [5, 5.41) is 19.0. The number of amides is 4. The minimum absolute atomic E-state index is 0.101. The number of likely N-dealkylation sites (tertiary alicyclic amines) is 1. The third kappa shape index (κ3) is 5.45. The van der Waals surface area contributed by atoms with Gasteiger partial charge in [0.25, 0.3) is 0 Å². The van der Waals surface area contributed by atoms with E-state index in [0.29, 0.717) is 26.2 Å². The van der Waals surface area contributed by atoms with Gasteiger partial charge < -0.3 is 24.5 Å². The van der Waals surface area contributed by atoms with Crippen molar-refractivity contribution in [2.24, 2.45) is 5.92 Å². The number of nitrogens with one attached hydrogen (secondary N) is 1. The zero-order valence-corrected chi connectivity index (χ0v) is 18.6. The van der Waals surface area contributed by atoms with Crippen LogP contribution in [0.4, 0.5) is 15.3 Å². The van der Waals surface area contributed by atoms with Gasteiger partial charge in [0.05, 0.1) is 12.5 Å². The third-order valence-electron chi connectivity index (χ3n) is 5.93. The second-order valence-corrected chi connectivity index (χ2v) is 8.25. The lowest BCUT2D eigenvalue weighted by molar-refractivity contribution is -0.151. The summed E-state index contributed by atoms with van der Waals surface area (Å²) in [6, 6.07) is 8.38. The molecule has 2 saturated heterocycles. The molecule has 1 aromatic carbocycles. The lowest BCUT2D eigenvalue weighted by atomic mass is 9.86. The molecule has 0 aliphatic carbocycles. The number of carbonyl (C=O) groups excluding carboxylic acids is 3. The Hall–Kier alpha value is -3.54. The lowest BCUT2D eigenvalue weighted by Crippen LogP contribution is -2.64. The molecule has 33 heavy (non-hydrogen) atoms. The highest BCUT2D eigenvalue weighted by atomic mass is 16.6. The Morgan fingerprint density at radius 3 is 2.24 bits per heavy atom. The Bertz CT molecular complexity index is 873. The molecule has 1 aromatic rings. The number of piperazine rings is 1. The number of carboxylic acid groups (broad SMARTS) is 1. The van der Waals surface area contributed by atoms with Gasteiger partial charge in [-0.15, -0.1) is 0 Å². The molecule has 4 amide bonds. The van der Waals surface area contributed by atoms with E-state index in [1.165, 1.54) is 29.4 Å². The van der Waals surface area contributed by atoms with Crippen LogP contribution in [0.2, 0.25) is 0 Å². The average molecular weight is 463 g/mol. The van der Waals surface area contributed by atoms with Crippen LogP contribution in [0.15, 0.2) is 30.3 Å². The van der Waals surface area contributed by atoms with Crippen LogP contribution in [0.5, 0.6) is 0 Å². The first-order chi connectivity index (χ1) is 15.7. The van der Waals surface area contributed by atoms with Crippen LogP contribution in [-0.4, -0.2) is 108 Å². The number of carbonyl (C=O) groups is 4. The Balaban J connectivity index is 1.77. The van der Waals surface area contributed by atoms with Crippen molar-refractivity contribution in [3.63, 3.8) is 0 Å². The van der Waals surface area contributed by atoms with Crippen LogP contribution in [-0.2, 0) is 14.3 Å². The van der Waals surface area contributed by atoms with E-state index in [1.54, 1.807) is 0 Å². The van der Waals surface area contributed by atoms with Gasteiger partial charge in [-0.1, -0.05) is 18.2 Å². The van der Waals surface area contributed by atoms with Crippen LogP contribution in [0, 0.1) is 5.92 Å². The van der Waals surface area contributed by atoms with E-state index in [4.69, 9.17) is 4.74 Å². The van der Waals surface area contributed by atoms with Crippen LogP contribution in [0.25, 0.3) is 0 Å².